The average Bonchev–Trinajstić information content (AvgIpc) is 2.55. The molecule has 0 radical (unpaired) electrons. The fraction of sp³-hybridized carbons (Fsp3) is 0.0625. The van der Waals surface area contributed by atoms with Gasteiger partial charge in [0.15, 0.2) is 6.61 Å². The average molecular weight is 292 g/mol. The van der Waals surface area contributed by atoms with Crippen molar-refractivity contribution in [2.75, 3.05) is 17.2 Å². The van der Waals surface area contributed by atoms with Crippen LogP contribution in [0.4, 0.5) is 16.2 Å². The van der Waals surface area contributed by atoms with Gasteiger partial charge in [0.05, 0.1) is 11.6 Å². The third kappa shape index (κ3) is 4.26. The lowest BCUT2D eigenvalue weighted by Crippen LogP contribution is -2.19. The first kappa shape index (κ1) is 14.9. The van der Waals surface area contributed by atoms with E-state index in [1.165, 1.54) is 0 Å². The van der Waals surface area contributed by atoms with Gasteiger partial charge in [0.2, 0.25) is 0 Å². The SMILES string of the molecule is N#CCOc1ccc(NC(=O)Nc2ccc(C#N)cc2)cc1. The highest BCUT2D eigenvalue weighted by molar-refractivity contribution is 5.99. The third-order valence-corrected chi connectivity index (χ3v) is 2.69. The number of amides is 2. The number of nitrogens with zero attached hydrogens (tertiary/aromatic N) is 2. The summed E-state index contributed by atoms with van der Waals surface area (Å²) >= 11 is 0. The predicted octanol–water partition coefficient (Wildman–Crippen LogP) is 3.10. The largest absolute Gasteiger partial charge is 0.479 e. The first-order valence-electron chi connectivity index (χ1n) is 6.39. The van der Waals surface area contributed by atoms with E-state index < -0.39 is 6.03 Å². The monoisotopic (exact) mass is 292 g/mol. The number of carbonyl (C=O) groups is 1. The molecule has 22 heavy (non-hydrogen) atoms. The molecule has 0 aliphatic rings. The number of anilines is 2. The molecular weight excluding hydrogens is 280 g/mol. The van der Waals surface area contributed by atoms with Crippen LogP contribution in [0.5, 0.6) is 5.75 Å². The summed E-state index contributed by atoms with van der Waals surface area (Å²) in [5, 5.41) is 22.4. The van der Waals surface area contributed by atoms with Crippen molar-refractivity contribution >= 4 is 17.4 Å². The number of rotatable bonds is 4. The van der Waals surface area contributed by atoms with E-state index in [0.29, 0.717) is 22.7 Å². The van der Waals surface area contributed by atoms with Crippen molar-refractivity contribution in [3.63, 3.8) is 0 Å². The van der Waals surface area contributed by atoms with Gasteiger partial charge in [-0.15, -0.1) is 0 Å². The Kier molecular flexibility index (Phi) is 4.95. The van der Waals surface area contributed by atoms with Crippen LogP contribution in [0.1, 0.15) is 5.56 Å². The molecule has 0 heterocycles. The Labute approximate surface area is 127 Å². The minimum Gasteiger partial charge on any atom is -0.479 e. The Morgan fingerprint density at radius 2 is 1.50 bits per heavy atom. The van der Waals surface area contributed by atoms with Crippen molar-refractivity contribution in [3.8, 4) is 17.9 Å². The van der Waals surface area contributed by atoms with E-state index in [0.717, 1.165) is 0 Å². The molecule has 0 atom stereocenters. The number of ether oxygens (including phenoxy) is 1. The van der Waals surface area contributed by atoms with E-state index in [2.05, 4.69) is 10.6 Å². The predicted molar refractivity (Wildman–Crippen MR) is 81.3 cm³/mol. The third-order valence-electron chi connectivity index (χ3n) is 2.69. The van der Waals surface area contributed by atoms with Gasteiger partial charge in [-0.25, -0.2) is 4.79 Å². The van der Waals surface area contributed by atoms with Crippen LogP contribution in [0.25, 0.3) is 0 Å². The van der Waals surface area contributed by atoms with E-state index in [1.807, 2.05) is 12.1 Å². The molecule has 2 aromatic carbocycles. The minimum atomic E-state index is -0.393. The van der Waals surface area contributed by atoms with Crippen molar-refractivity contribution in [1.82, 2.24) is 0 Å². The highest BCUT2D eigenvalue weighted by Crippen LogP contribution is 2.16. The first-order chi connectivity index (χ1) is 10.7. The standard InChI is InChI=1S/C16H12N4O2/c17-9-10-22-15-7-5-14(6-8-15)20-16(21)19-13-3-1-12(11-18)2-4-13/h1-8H,10H2,(H2,19,20,21). The molecular formula is C16H12N4O2. The van der Waals surface area contributed by atoms with E-state index in [9.17, 15) is 4.79 Å². The molecule has 2 rings (SSSR count). The number of hydrogen-bond donors (Lipinski definition) is 2. The second-order valence-electron chi connectivity index (χ2n) is 4.24. The molecule has 108 valence electrons. The van der Waals surface area contributed by atoms with E-state index >= 15 is 0 Å². The Hall–Kier alpha value is -3.51. The Bertz CT molecular complexity index is 725. The maximum absolute atomic E-state index is 11.8. The zero-order valence-electron chi connectivity index (χ0n) is 11.5. The summed E-state index contributed by atoms with van der Waals surface area (Å²) in [6.07, 6.45) is 0. The topological polar surface area (TPSA) is 97.9 Å². The number of nitriles is 2. The van der Waals surface area contributed by atoms with Crippen molar-refractivity contribution in [3.05, 3.63) is 54.1 Å². The highest BCUT2D eigenvalue weighted by atomic mass is 16.5. The van der Waals surface area contributed by atoms with Gasteiger partial charge >= 0.3 is 6.03 Å². The molecule has 6 nitrogen and oxygen atoms in total. The van der Waals surface area contributed by atoms with Gasteiger partial charge in [-0.05, 0) is 48.5 Å². The fourth-order valence-electron chi connectivity index (χ4n) is 1.67. The number of hydrogen-bond acceptors (Lipinski definition) is 4. The maximum Gasteiger partial charge on any atom is 0.323 e. The zero-order valence-corrected chi connectivity index (χ0v) is 11.5. The highest BCUT2D eigenvalue weighted by Gasteiger charge is 2.03. The van der Waals surface area contributed by atoms with Gasteiger partial charge in [0.1, 0.15) is 11.8 Å². The number of nitrogens with one attached hydrogen (secondary N) is 2. The summed E-state index contributed by atoms with van der Waals surface area (Å²) < 4.78 is 5.12. The smallest absolute Gasteiger partial charge is 0.323 e. The lowest BCUT2D eigenvalue weighted by Gasteiger charge is -2.08. The first-order valence-corrected chi connectivity index (χ1v) is 6.39. The van der Waals surface area contributed by atoms with Crippen LogP contribution < -0.4 is 15.4 Å². The number of urea groups is 1. The lowest BCUT2D eigenvalue weighted by molar-refractivity contribution is 0.262. The Morgan fingerprint density at radius 1 is 0.955 bits per heavy atom. The molecule has 0 saturated carbocycles. The zero-order chi connectivity index (χ0) is 15.8. The molecule has 2 N–H and O–H groups in total. The normalized spacial score (nSPS) is 9.18. The second kappa shape index (κ2) is 7.32. The number of benzene rings is 2. The summed E-state index contributed by atoms with van der Waals surface area (Å²) in [6, 6.07) is 16.7. The van der Waals surface area contributed by atoms with Gasteiger partial charge in [-0.3, -0.25) is 0 Å². The molecule has 2 amide bonds. The molecule has 0 bridgehead atoms. The van der Waals surface area contributed by atoms with Gasteiger partial charge < -0.3 is 15.4 Å². The second-order valence-corrected chi connectivity index (χ2v) is 4.24. The molecule has 0 aliphatic heterocycles. The summed E-state index contributed by atoms with van der Waals surface area (Å²) in [4.78, 5) is 11.8. The van der Waals surface area contributed by atoms with Crippen LogP contribution >= 0.6 is 0 Å². The van der Waals surface area contributed by atoms with Gasteiger partial charge in [0, 0.05) is 11.4 Å². The van der Waals surface area contributed by atoms with Crippen LogP contribution in [0, 0.1) is 22.7 Å². The maximum atomic E-state index is 11.8. The van der Waals surface area contributed by atoms with Crippen molar-refractivity contribution in [2.45, 2.75) is 0 Å². The van der Waals surface area contributed by atoms with Crippen LogP contribution in [0.2, 0.25) is 0 Å². The lowest BCUT2D eigenvalue weighted by atomic mass is 10.2. The van der Waals surface area contributed by atoms with Crippen LogP contribution in [0.3, 0.4) is 0 Å². The van der Waals surface area contributed by atoms with Gasteiger partial charge in [-0.1, -0.05) is 0 Å². The van der Waals surface area contributed by atoms with Crippen molar-refractivity contribution in [2.24, 2.45) is 0 Å². The molecule has 0 fully saturated rings. The molecule has 0 unspecified atom stereocenters. The molecule has 0 aliphatic carbocycles. The van der Waals surface area contributed by atoms with Crippen molar-refractivity contribution in [1.29, 1.82) is 10.5 Å². The molecule has 0 spiro atoms. The summed E-state index contributed by atoms with van der Waals surface area (Å²) in [7, 11) is 0. The number of carbonyl (C=O) groups excluding carboxylic acids is 1. The quantitative estimate of drug-likeness (QED) is 0.904. The fourth-order valence-corrected chi connectivity index (χ4v) is 1.67. The van der Waals surface area contributed by atoms with Crippen LogP contribution in [-0.4, -0.2) is 12.6 Å². The van der Waals surface area contributed by atoms with Crippen molar-refractivity contribution < 1.29 is 9.53 Å². The van der Waals surface area contributed by atoms with Crippen LogP contribution in [-0.2, 0) is 0 Å². The summed E-state index contributed by atoms with van der Waals surface area (Å²) in [5.41, 5.74) is 1.71. The molecule has 6 heteroatoms. The summed E-state index contributed by atoms with van der Waals surface area (Å²) in [5.74, 6) is 0.555. The molecule has 2 aromatic rings. The Balaban J connectivity index is 1.91. The Morgan fingerprint density at radius 3 is 2.00 bits per heavy atom. The minimum absolute atomic E-state index is 0.0219. The van der Waals surface area contributed by atoms with E-state index in [-0.39, 0.29) is 6.61 Å². The van der Waals surface area contributed by atoms with E-state index in [1.54, 1.807) is 48.5 Å². The van der Waals surface area contributed by atoms with E-state index in [4.69, 9.17) is 15.3 Å². The van der Waals surface area contributed by atoms with Gasteiger partial charge in [0.25, 0.3) is 0 Å². The van der Waals surface area contributed by atoms with Crippen LogP contribution in [0.15, 0.2) is 48.5 Å². The van der Waals surface area contributed by atoms with Gasteiger partial charge in [-0.2, -0.15) is 10.5 Å². The molecule has 0 aromatic heterocycles. The molecule has 0 saturated heterocycles. The summed E-state index contributed by atoms with van der Waals surface area (Å²) in [6.45, 7) is -0.0219.